The van der Waals surface area contributed by atoms with Gasteiger partial charge in [0.15, 0.2) is 5.82 Å². The number of hydrogen-bond donors (Lipinski definition) is 2. The van der Waals surface area contributed by atoms with Crippen molar-refractivity contribution in [2.45, 2.75) is 25.8 Å². The van der Waals surface area contributed by atoms with Crippen molar-refractivity contribution in [3.05, 3.63) is 81.2 Å². The summed E-state index contributed by atoms with van der Waals surface area (Å²) in [5, 5.41) is 11.5. The second-order valence-corrected chi connectivity index (χ2v) is 10.4. The van der Waals surface area contributed by atoms with Crippen LogP contribution in [0.4, 0.5) is 34.8 Å². The summed E-state index contributed by atoms with van der Waals surface area (Å²) in [6.45, 7) is 3.93. The SMILES string of the molecule is C[C@H]1CN(c2cc(F)c(C3=CCN(c4ccnc(C#N)n4)CC3)c(F)c2NC(=O)c2c[nH]c(=O)cc2C(F)F)CCN1C. The second-order valence-electron chi connectivity index (χ2n) is 10.4. The van der Waals surface area contributed by atoms with Crippen LogP contribution in [-0.4, -0.2) is 71.6 Å². The van der Waals surface area contributed by atoms with Gasteiger partial charge in [-0.15, -0.1) is 0 Å². The van der Waals surface area contributed by atoms with Crippen molar-refractivity contribution in [1.29, 1.82) is 5.26 Å². The lowest BCUT2D eigenvalue weighted by Crippen LogP contribution is -2.50. The molecule has 1 fully saturated rings. The minimum absolute atomic E-state index is 0.00365. The highest BCUT2D eigenvalue weighted by Gasteiger charge is 2.30. The molecule has 43 heavy (non-hydrogen) atoms. The number of aromatic nitrogens is 3. The first-order valence-electron chi connectivity index (χ1n) is 13.5. The van der Waals surface area contributed by atoms with Gasteiger partial charge in [-0.3, -0.25) is 9.59 Å². The van der Waals surface area contributed by atoms with Crippen molar-refractivity contribution in [1.82, 2.24) is 19.9 Å². The molecule has 0 bridgehead atoms. The number of aromatic amines is 1. The zero-order valence-corrected chi connectivity index (χ0v) is 23.4. The fraction of sp³-hybridized carbons (Fsp3) is 0.345. The lowest BCUT2D eigenvalue weighted by molar-refractivity contribution is 0.101. The van der Waals surface area contributed by atoms with Crippen molar-refractivity contribution in [2.24, 2.45) is 0 Å². The number of carbonyl (C=O) groups is 1. The Hall–Kier alpha value is -4.77. The van der Waals surface area contributed by atoms with Crippen molar-refractivity contribution in [2.75, 3.05) is 54.9 Å². The fourth-order valence-electron chi connectivity index (χ4n) is 5.27. The molecule has 4 heterocycles. The molecule has 1 amide bonds. The molecule has 1 saturated heterocycles. The number of carbonyl (C=O) groups excluding carboxylic acids is 1. The van der Waals surface area contributed by atoms with Crippen LogP contribution in [0.1, 0.15) is 47.1 Å². The van der Waals surface area contributed by atoms with Crippen molar-refractivity contribution < 1.29 is 22.4 Å². The number of rotatable bonds is 6. The smallest absolute Gasteiger partial charge is 0.264 e. The Morgan fingerprint density at radius 1 is 1.21 bits per heavy atom. The van der Waals surface area contributed by atoms with Gasteiger partial charge in [-0.2, -0.15) is 5.26 Å². The van der Waals surface area contributed by atoms with Crippen molar-refractivity contribution >= 4 is 28.7 Å². The van der Waals surface area contributed by atoms with Gasteiger partial charge in [0.1, 0.15) is 23.4 Å². The third-order valence-corrected chi connectivity index (χ3v) is 7.77. The summed E-state index contributed by atoms with van der Waals surface area (Å²) in [4.78, 5) is 40.8. The Balaban J connectivity index is 1.54. The van der Waals surface area contributed by atoms with Gasteiger partial charge in [0.05, 0.1) is 16.8 Å². The van der Waals surface area contributed by atoms with Crippen LogP contribution < -0.4 is 20.7 Å². The number of nitrogens with zero attached hydrogens (tertiary/aromatic N) is 6. The lowest BCUT2D eigenvalue weighted by atomic mass is 9.96. The normalized spacial score (nSPS) is 17.5. The summed E-state index contributed by atoms with van der Waals surface area (Å²) in [6, 6.07) is 5.31. The number of anilines is 3. The van der Waals surface area contributed by atoms with Gasteiger partial charge in [0, 0.05) is 68.9 Å². The van der Waals surface area contributed by atoms with E-state index in [1.807, 2.05) is 24.9 Å². The van der Waals surface area contributed by atoms with E-state index in [4.69, 9.17) is 5.26 Å². The van der Waals surface area contributed by atoms with Crippen LogP contribution >= 0.6 is 0 Å². The number of likely N-dealkylation sites (N-methyl/N-ethyl adjacent to an activating group) is 1. The molecule has 10 nitrogen and oxygen atoms in total. The molecule has 2 aromatic heterocycles. The molecule has 0 spiro atoms. The number of pyridine rings is 1. The number of nitriles is 1. The van der Waals surface area contributed by atoms with Gasteiger partial charge >= 0.3 is 0 Å². The van der Waals surface area contributed by atoms with Gasteiger partial charge in [-0.05, 0) is 32.0 Å². The highest BCUT2D eigenvalue weighted by molar-refractivity contribution is 6.07. The molecule has 1 atom stereocenters. The first-order valence-corrected chi connectivity index (χ1v) is 13.5. The Bertz CT molecular complexity index is 1690. The van der Waals surface area contributed by atoms with E-state index in [1.165, 1.54) is 6.20 Å². The van der Waals surface area contributed by atoms with Crippen LogP contribution in [0.3, 0.4) is 0 Å². The highest BCUT2D eigenvalue weighted by atomic mass is 19.3. The van der Waals surface area contributed by atoms with Gasteiger partial charge in [-0.1, -0.05) is 6.08 Å². The van der Waals surface area contributed by atoms with E-state index in [-0.39, 0.29) is 41.8 Å². The topological polar surface area (TPSA) is 121 Å². The maximum absolute atomic E-state index is 16.4. The molecule has 2 aliphatic rings. The van der Waals surface area contributed by atoms with E-state index in [1.54, 1.807) is 17.0 Å². The summed E-state index contributed by atoms with van der Waals surface area (Å²) in [7, 11) is 1.93. The molecule has 0 radical (unpaired) electrons. The average molecular weight is 597 g/mol. The maximum Gasteiger partial charge on any atom is 0.264 e. The molecule has 1 aromatic carbocycles. The van der Waals surface area contributed by atoms with E-state index >= 15 is 8.78 Å². The predicted octanol–water partition coefficient (Wildman–Crippen LogP) is 3.94. The van der Waals surface area contributed by atoms with Crippen LogP contribution in [0.15, 0.2) is 41.5 Å². The molecule has 3 aromatic rings. The number of H-pyrrole nitrogens is 1. The molecule has 14 heteroatoms. The molecule has 5 rings (SSSR count). The van der Waals surface area contributed by atoms with Crippen LogP contribution in [0.25, 0.3) is 5.57 Å². The maximum atomic E-state index is 16.4. The Labute approximate surface area is 244 Å². The number of piperazine rings is 1. The quantitative estimate of drug-likeness (QED) is 0.411. The highest BCUT2D eigenvalue weighted by Crippen LogP contribution is 2.39. The summed E-state index contributed by atoms with van der Waals surface area (Å²) in [5.41, 5.74) is -2.41. The number of benzene rings is 1. The molecular formula is C29H28F4N8O2. The molecular weight excluding hydrogens is 568 g/mol. The molecule has 0 saturated carbocycles. The first-order chi connectivity index (χ1) is 20.6. The fourth-order valence-corrected chi connectivity index (χ4v) is 5.27. The minimum Gasteiger partial charge on any atom is -0.367 e. The lowest BCUT2D eigenvalue weighted by Gasteiger charge is -2.40. The van der Waals surface area contributed by atoms with Crippen molar-refractivity contribution in [3.63, 3.8) is 0 Å². The first kappa shape index (κ1) is 29.7. The summed E-state index contributed by atoms with van der Waals surface area (Å²) >= 11 is 0. The molecule has 2 N–H and O–H groups in total. The van der Waals surface area contributed by atoms with E-state index in [0.717, 1.165) is 12.3 Å². The standard InChI is InChI=1S/C29H28F4N8O2/c1-16-15-41(10-9-39(16)2)21-12-20(30)25(17-4-7-40(8-5-17)23-3-6-35-22(13-34)37-23)26(31)27(21)38-29(43)19-14-36-24(42)11-18(19)28(32)33/h3-4,6,11-12,14,16,28H,5,7-10,15H2,1-2H3,(H,36,42)(H,38,43)/t16-/m0/s1. The zero-order valence-electron chi connectivity index (χ0n) is 23.4. The van der Waals surface area contributed by atoms with E-state index in [0.29, 0.717) is 43.6 Å². The minimum atomic E-state index is -3.14. The number of nitrogens with one attached hydrogen (secondary N) is 2. The van der Waals surface area contributed by atoms with Crippen LogP contribution in [0, 0.1) is 23.0 Å². The van der Waals surface area contributed by atoms with Crippen LogP contribution in [0.5, 0.6) is 0 Å². The number of alkyl halides is 2. The predicted molar refractivity (Wildman–Crippen MR) is 152 cm³/mol. The molecule has 224 valence electrons. The van der Waals surface area contributed by atoms with Crippen LogP contribution in [-0.2, 0) is 0 Å². The Kier molecular flexibility index (Phi) is 8.45. The van der Waals surface area contributed by atoms with Crippen LogP contribution in [0.2, 0.25) is 0 Å². The Morgan fingerprint density at radius 3 is 2.67 bits per heavy atom. The third kappa shape index (κ3) is 6.07. The van der Waals surface area contributed by atoms with Crippen molar-refractivity contribution in [3.8, 4) is 6.07 Å². The average Bonchev–Trinajstić information content (AvgIpc) is 3.00. The third-order valence-electron chi connectivity index (χ3n) is 7.77. The van der Waals surface area contributed by atoms with Gasteiger partial charge in [0.25, 0.3) is 12.3 Å². The number of hydrogen-bond acceptors (Lipinski definition) is 8. The largest absolute Gasteiger partial charge is 0.367 e. The van der Waals surface area contributed by atoms with Gasteiger partial charge in [-0.25, -0.2) is 27.5 Å². The summed E-state index contributed by atoms with van der Waals surface area (Å²) in [5.74, 6) is -2.45. The van der Waals surface area contributed by atoms with E-state index < -0.39 is 40.7 Å². The van der Waals surface area contributed by atoms with E-state index in [2.05, 4.69) is 25.2 Å². The Morgan fingerprint density at radius 2 is 2.00 bits per heavy atom. The summed E-state index contributed by atoms with van der Waals surface area (Å²) < 4.78 is 59.6. The monoisotopic (exact) mass is 596 g/mol. The number of amides is 1. The molecule has 0 unspecified atom stereocenters. The second kappa shape index (κ2) is 12.2. The number of halogens is 4. The van der Waals surface area contributed by atoms with Gasteiger partial charge in [0.2, 0.25) is 11.4 Å². The van der Waals surface area contributed by atoms with E-state index in [9.17, 15) is 18.4 Å². The summed E-state index contributed by atoms with van der Waals surface area (Å²) in [6.07, 6.45) is 1.02. The van der Waals surface area contributed by atoms with Gasteiger partial charge < -0.3 is 25.0 Å². The molecule has 0 aliphatic carbocycles. The zero-order chi connectivity index (χ0) is 30.8. The molecule has 2 aliphatic heterocycles.